The van der Waals surface area contributed by atoms with Gasteiger partial charge in [-0.2, -0.15) is 0 Å². The number of rotatable bonds is 8. The van der Waals surface area contributed by atoms with E-state index in [1.54, 1.807) is 31.5 Å². The quantitative estimate of drug-likeness (QED) is 0.716. The first kappa shape index (κ1) is 23.3. The van der Waals surface area contributed by atoms with Crippen molar-refractivity contribution in [3.8, 4) is 0 Å². The topological polar surface area (TPSA) is 79.7 Å². The van der Waals surface area contributed by atoms with Gasteiger partial charge in [0.05, 0.1) is 6.33 Å². The third-order valence-corrected chi connectivity index (χ3v) is 4.38. The second-order valence-corrected chi connectivity index (χ2v) is 8.39. The number of aromatic nitrogens is 2. The van der Waals surface area contributed by atoms with Gasteiger partial charge in [-0.05, 0) is 38.3 Å². The maximum atomic E-state index is 12.3. The van der Waals surface area contributed by atoms with Gasteiger partial charge in [0.1, 0.15) is 5.60 Å². The number of benzene rings is 1. The Bertz CT molecular complexity index is 814. The van der Waals surface area contributed by atoms with Crippen LogP contribution in [0.5, 0.6) is 0 Å². The van der Waals surface area contributed by atoms with Gasteiger partial charge >= 0.3 is 12.1 Å². The SMILES string of the molecule is CN(CCCn1ccnc1)C(=O)NCc1cccc(CN(C)C(=O)OC(C)(C)C)c1. The van der Waals surface area contributed by atoms with Gasteiger partial charge in [0.15, 0.2) is 0 Å². The fraction of sp³-hybridized carbons (Fsp3) is 0.500. The molecule has 164 valence electrons. The first-order valence-corrected chi connectivity index (χ1v) is 10.1. The smallest absolute Gasteiger partial charge is 0.410 e. The second kappa shape index (κ2) is 10.7. The van der Waals surface area contributed by atoms with E-state index >= 15 is 0 Å². The van der Waals surface area contributed by atoms with Crippen LogP contribution < -0.4 is 5.32 Å². The molecule has 1 aromatic heterocycles. The maximum absolute atomic E-state index is 12.3. The van der Waals surface area contributed by atoms with Crippen molar-refractivity contribution in [2.45, 2.75) is 52.4 Å². The number of hydrogen-bond acceptors (Lipinski definition) is 4. The molecular weight excluding hydrogens is 382 g/mol. The zero-order valence-corrected chi connectivity index (χ0v) is 18.6. The molecule has 0 unspecified atom stereocenters. The first-order chi connectivity index (χ1) is 14.1. The average molecular weight is 416 g/mol. The number of nitrogens with one attached hydrogen (secondary N) is 1. The summed E-state index contributed by atoms with van der Waals surface area (Å²) in [6, 6.07) is 7.70. The lowest BCUT2D eigenvalue weighted by molar-refractivity contribution is 0.0285. The van der Waals surface area contributed by atoms with Gasteiger partial charge in [-0.3, -0.25) is 0 Å². The van der Waals surface area contributed by atoms with Crippen LogP contribution in [0.4, 0.5) is 9.59 Å². The Hall–Kier alpha value is -3.03. The Kier molecular flexibility index (Phi) is 8.26. The second-order valence-electron chi connectivity index (χ2n) is 8.39. The molecule has 2 aromatic rings. The third kappa shape index (κ3) is 8.14. The average Bonchev–Trinajstić information content (AvgIpc) is 3.18. The fourth-order valence-electron chi connectivity index (χ4n) is 2.84. The van der Waals surface area contributed by atoms with Gasteiger partial charge < -0.3 is 24.4 Å². The van der Waals surface area contributed by atoms with Crippen LogP contribution in [0, 0.1) is 0 Å². The molecule has 0 aliphatic rings. The highest BCUT2D eigenvalue weighted by atomic mass is 16.6. The molecule has 30 heavy (non-hydrogen) atoms. The highest BCUT2D eigenvalue weighted by Crippen LogP contribution is 2.12. The van der Waals surface area contributed by atoms with Gasteiger partial charge in [0, 0.05) is 52.7 Å². The van der Waals surface area contributed by atoms with Crippen LogP contribution in [-0.4, -0.2) is 57.7 Å². The van der Waals surface area contributed by atoms with Gasteiger partial charge in [-0.25, -0.2) is 14.6 Å². The summed E-state index contributed by atoms with van der Waals surface area (Å²) in [7, 11) is 3.50. The zero-order valence-electron chi connectivity index (χ0n) is 18.6. The minimum Gasteiger partial charge on any atom is -0.444 e. The molecule has 0 saturated heterocycles. The number of amides is 3. The molecule has 0 radical (unpaired) electrons. The number of ether oxygens (including phenoxy) is 1. The first-order valence-electron chi connectivity index (χ1n) is 10.1. The molecule has 8 nitrogen and oxygen atoms in total. The van der Waals surface area contributed by atoms with Crippen molar-refractivity contribution < 1.29 is 14.3 Å². The molecular formula is C22H33N5O3. The molecule has 0 spiro atoms. The minimum atomic E-state index is -0.526. The van der Waals surface area contributed by atoms with Crippen LogP contribution in [0.1, 0.15) is 38.3 Å². The molecule has 0 aliphatic heterocycles. The van der Waals surface area contributed by atoms with Crippen LogP contribution in [0.15, 0.2) is 43.0 Å². The Morgan fingerprint density at radius 3 is 2.57 bits per heavy atom. The molecule has 0 atom stereocenters. The lowest BCUT2D eigenvalue weighted by Gasteiger charge is -2.24. The molecule has 2 rings (SSSR count). The lowest BCUT2D eigenvalue weighted by Crippen LogP contribution is -2.37. The van der Waals surface area contributed by atoms with Gasteiger partial charge in [-0.15, -0.1) is 0 Å². The summed E-state index contributed by atoms with van der Waals surface area (Å²) < 4.78 is 7.37. The minimum absolute atomic E-state index is 0.114. The van der Waals surface area contributed by atoms with E-state index in [1.807, 2.05) is 55.8 Å². The number of carbonyl (C=O) groups is 2. The summed E-state index contributed by atoms with van der Waals surface area (Å²) in [5.74, 6) is 0. The normalized spacial score (nSPS) is 11.1. The zero-order chi connectivity index (χ0) is 22.1. The number of nitrogens with zero attached hydrogens (tertiary/aromatic N) is 4. The number of urea groups is 1. The third-order valence-electron chi connectivity index (χ3n) is 4.38. The number of imidazole rings is 1. The summed E-state index contributed by atoms with van der Waals surface area (Å²) in [4.78, 5) is 31.7. The van der Waals surface area contributed by atoms with Crippen molar-refractivity contribution in [2.24, 2.45) is 0 Å². The van der Waals surface area contributed by atoms with Gasteiger partial charge in [-0.1, -0.05) is 24.3 Å². The van der Waals surface area contributed by atoms with Crippen LogP contribution in [0.3, 0.4) is 0 Å². The Balaban J connectivity index is 1.78. The van der Waals surface area contributed by atoms with Crippen LogP contribution in [0.25, 0.3) is 0 Å². The number of aryl methyl sites for hydroxylation is 1. The maximum Gasteiger partial charge on any atom is 0.410 e. The Labute approximate surface area is 178 Å². The largest absolute Gasteiger partial charge is 0.444 e. The van der Waals surface area contributed by atoms with Crippen LogP contribution in [0.2, 0.25) is 0 Å². The fourth-order valence-corrected chi connectivity index (χ4v) is 2.84. The Morgan fingerprint density at radius 1 is 1.17 bits per heavy atom. The predicted octanol–water partition coefficient (Wildman–Crippen LogP) is 3.48. The van der Waals surface area contributed by atoms with Crippen molar-refractivity contribution in [2.75, 3.05) is 20.6 Å². The van der Waals surface area contributed by atoms with Crippen LogP contribution in [-0.2, 0) is 24.4 Å². The van der Waals surface area contributed by atoms with Crippen LogP contribution >= 0.6 is 0 Å². The molecule has 1 heterocycles. The van der Waals surface area contributed by atoms with Crippen molar-refractivity contribution in [1.29, 1.82) is 0 Å². The molecule has 1 N–H and O–H groups in total. The van der Waals surface area contributed by atoms with Crippen molar-refractivity contribution in [3.05, 3.63) is 54.1 Å². The highest BCUT2D eigenvalue weighted by Gasteiger charge is 2.19. The summed E-state index contributed by atoms with van der Waals surface area (Å²) in [6.07, 6.45) is 5.92. The van der Waals surface area contributed by atoms with E-state index in [0.717, 1.165) is 24.1 Å². The predicted molar refractivity (Wildman–Crippen MR) is 116 cm³/mol. The standard InChI is InChI=1S/C22H33N5O3/c1-22(2,3)30-21(29)26(5)16-19-9-6-8-18(14-19)15-24-20(28)25(4)11-7-12-27-13-10-23-17-27/h6,8-10,13-14,17H,7,11-12,15-16H2,1-5H3,(H,24,28). The highest BCUT2D eigenvalue weighted by molar-refractivity contribution is 5.73. The molecule has 0 aliphatic carbocycles. The molecule has 3 amide bonds. The van der Waals surface area contributed by atoms with E-state index in [9.17, 15) is 9.59 Å². The van der Waals surface area contributed by atoms with E-state index in [1.165, 1.54) is 4.90 Å². The van der Waals surface area contributed by atoms with E-state index in [0.29, 0.717) is 19.6 Å². The molecule has 0 saturated carbocycles. The summed E-state index contributed by atoms with van der Waals surface area (Å²) in [5, 5.41) is 2.94. The number of hydrogen-bond donors (Lipinski definition) is 1. The number of carbonyl (C=O) groups excluding carboxylic acids is 2. The van der Waals surface area contributed by atoms with E-state index in [-0.39, 0.29) is 12.1 Å². The van der Waals surface area contributed by atoms with Gasteiger partial charge in [0.25, 0.3) is 0 Å². The molecule has 1 aromatic carbocycles. The van der Waals surface area contributed by atoms with Crippen molar-refractivity contribution in [1.82, 2.24) is 24.7 Å². The molecule has 0 fully saturated rings. The Morgan fingerprint density at radius 2 is 1.90 bits per heavy atom. The van der Waals surface area contributed by atoms with E-state index in [2.05, 4.69) is 10.3 Å². The van der Waals surface area contributed by atoms with Gasteiger partial charge in [0.2, 0.25) is 0 Å². The summed E-state index contributed by atoms with van der Waals surface area (Å²) >= 11 is 0. The molecule has 0 bridgehead atoms. The van der Waals surface area contributed by atoms with Crippen molar-refractivity contribution >= 4 is 12.1 Å². The van der Waals surface area contributed by atoms with E-state index < -0.39 is 5.60 Å². The van der Waals surface area contributed by atoms with Crippen molar-refractivity contribution in [3.63, 3.8) is 0 Å². The molecule has 8 heteroatoms. The van der Waals surface area contributed by atoms with E-state index in [4.69, 9.17) is 4.74 Å². The lowest BCUT2D eigenvalue weighted by atomic mass is 10.1. The summed E-state index contributed by atoms with van der Waals surface area (Å²) in [6.45, 7) is 7.87. The monoisotopic (exact) mass is 415 g/mol. The summed E-state index contributed by atoms with van der Waals surface area (Å²) in [5.41, 5.74) is 1.43.